The maximum Gasteiger partial charge on any atom is 0.311 e. The van der Waals surface area contributed by atoms with Crippen LogP contribution in [0.15, 0.2) is 18.5 Å². The van der Waals surface area contributed by atoms with Crippen molar-refractivity contribution in [1.82, 2.24) is 15.0 Å². The number of hydrogen-bond donors (Lipinski definition) is 2. The Labute approximate surface area is 72.8 Å². The van der Waals surface area contributed by atoms with Crippen molar-refractivity contribution in [2.75, 3.05) is 5.43 Å². The highest BCUT2D eigenvalue weighted by molar-refractivity contribution is 5.87. The highest BCUT2D eigenvalue weighted by Crippen LogP contribution is 2.16. The number of rotatable bonds is 1. The Morgan fingerprint density at radius 2 is 2.23 bits per heavy atom. The lowest BCUT2D eigenvalue weighted by Gasteiger charge is -2.02. The largest absolute Gasteiger partial charge is 0.311 e. The summed E-state index contributed by atoms with van der Waals surface area (Å²) in [6.45, 7) is 0. The molecule has 3 N–H and O–H groups in total. The van der Waals surface area contributed by atoms with Gasteiger partial charge >= 0.3 is 6.08 Å². The van der Waals surface area contributed by atoms with E-state index >= 15 is 0 Å². The topological polar surface area (TPSA) is 76.7 Å². The molecule has 0 aliphatic carbocycles. The molecule has 0 saturated heterocycles. The maximum absolute atomic E-state index is 12.7. The van der Waals surface area contributed by atoms with Crippen molar-refractivity contribution < 1.29 is 4.39 Å². The lowest BCUT2D eigenvalue weighted by atomic mass is 10.3. The predicted octanol–water partition coefficient (Wildman–Crippen LogP) is 0.449. The van der Waals surface area contributed by atoms with E-state index in [1.807, 2.05) is 0 Å². The minimum absolute atomic E-state index is 0.232. The molecule has 66 valence electrons. The second kappa shape index (κ2) is 2.91. The van der Waals surface area contributed by atoms with Crippen LogP contribution in [0.25, 0.3) is 10.9 Å². The van der Waals surface area contributed by atoms with E-state index in [1.165, 1.54) is 12.4 Å². The Bertz CT molecular complexity index is 444. The molecule has 0 unspecified atom stereocenters. The second-order valence-electron chi connectivity index (χ2n) is 2.38. The summed E-state index contributed by atoms with van der Waals surface area (Å²) >= 11 is 0. The van der Waals surface area contributed by atoms with Crippen molar-refractivity contribution in [2.45, 2.75) is 0 Å². The summed E-state index contributed by atoms with van der Waals surface area (Å²) in [5.41, 5.74) is 2.75. The summed E-state index contributed by atoms with van der Waals surface area (Å²) in [4.78, 5) is 10.9. The molecule has 2 aromatic heterocycles. The molecular formula is C7H6FN5. The van der Waals surface area contributed by atoms with Crippen molar-refractivity contribution in [2.24, 2.45) is 5.84 Å². The van der Waals surface area contributed by atoms with E-state index in [4.69, 9.17) is 5.84 Å². The first kappa shape index (κ1) is 7.81. The van der Waals surface area contributed by atoms with Gasteiger partial charge in [0.2, 0.25) is 0 Å². The zero-order valence-corrected chi connectivity index (χ0v) is 6.53. The number of nitrogen functional groups attached to an aromatic ring is 1. The third-order valence-corrected chi connectivity index (χ3v) is 1.61. The maximum atomic E-state index is 12.7. The molecule has 0 aliphatic heterocycles. The number of nitrogens with two attached hydrogens (primary N) is 1. The fourth-order valence-corrected chi connectivity index (χ4v) is 1.05. The Balaban J connectivity index is 2.81. The van der Waals surface area contributed by atoms with Crippen LogP contribution >= 0.6 is 0 Å². The SMILES string of the molecule is NNc1nc(F)nc2ccncc12. The normalized spacial score (nSPS) is 10.3. The van der Waals surface area contributed by atoms with E-state index in [2.05, 4.69) is 20.4 Å². The van der Waals surface area contributed by atoms with E-state index in [-0.39, 0.29) is 5.82 Å². The van der Waals surface area contributed by atoms with Gasteiger partial charge in [-0.1, -0.05) is 0 Å². The van der Waals surface area contributed by atoms with Crippen LogP contribution in [0.2, 0.25) is 0 Å². The number of aromatic nitrogens is 3. The summed E-state index contributed by atoms with van der Waals surface area (Å²) in [7, 11) is 0. The van der Waals surface area contributed by atoms with E-state index < -0.39 is 6.08 Å². The zero-order chi connectivity index (χ0) is 9.26. The van der Waals surface area contributed by atoms with Crippen LogP contribution in [0.4, 0.5) is 10.2 Å². The molecule has 0 bridgehead atoms. The first-order chi connectivity index (χ1) is 6.31. The van der Waals surface area contributed by atoms with Crippen molar-refractivity contribution in [3.05, 3.63) is 24.5 Å². The molecule has 0 saturated carbocycles. The second-order valence-corrected chi connectivity index (χ2v) is 2.38. The smallest absolute Gasteiger partial charge is 0.308 e. The van der Waals surface area contributed by atoms with E-state index in [9.17, 15) is 4.39 Å². The summed E-state index contributed by atoms with van der Waals surface area (Å²) in [5.74, 6) is 5.38. The van der Waals surface area contributed by atoms with Gasteiger partial charge in [-0.2, -0.15) is 9.37 Å². The number of halogens is 1. The molecule has 2 heterocycles. The van der Waals surface area contributed by atoms with E-state index in [1.54, 1.807) is 6.07 Å². The Morgan fingerprint density at radius 1 is 1.38 bits per heavy atom. The third-order valence-electron chi connectivity index (χ3n) is 1.61. The van der Waals surface area contributed by atoms with Gasteiger partial charge in [-0.25, -0.2) is 10.8 Å². The Hall–Kier alpha value is -1.82. The van der Waals surface area contributed by atoms with E-state index in [0.29, 0.717) is 10.9 Å². The standard InChI is InChI=1S/C7H6FN5/c8-7-11-5-1-2-10-3-4(5)6(12-7)13-9/h1-3H,9H2,(H,11,12,13). The summed E-state index contributed by atoms with van der Waals surface area (Å²) in [5, 5.41) is 0.589. The Morgan fingerprint density at radius 3 is 3.00 bits per heavy atom. The third kappa shape index (κ3) is 1.27. The molecule has 0 aliphatic rings. The van der Waals surface area contributed by atoms with Crippen LogP contribution in [-0.4, -0.2) is 15.0 Å². The van der Waals surface area contributed by atoms with Gasteiger partial charge in [0.15, 0.2) is 5.82 Å². The van der Waals surface area contributed by atoms with Crippen LogP contribution in [0, 0.1) is 6.08 Å². The van der Waals surface area contributed by atoms with Crippen molar-refractivity contribution in [1.29, 1.82) is 0 Å². The minimum atomic E-state index is -0.813. The number of hydrazine groups is 1. The number of pyridine rings is 1. The van der Waals surface area contributed by atoms with Gasteiger partial charge in [-0.15, -0.1) is 0 Å². The molecule has 0 atom stereocenters. The van der Waals surface area contributed by atoms with Gasteiger partial charge in [0.25, 0.3) is 0 Å². The summed E-state index contributed by atoms with van der Waals surface area (Å²) in [6.07, 6.45) is 2.23. The average Bonchev–Trinajstić information content (AvgIpc) is 2.16. The molecule has 6 heteroatoms. The number of nitrogens with zero attached hydrogens (tertiary/aromatic N) is 3. The van der Waals surface area contributed by atoms with Crippen LogP contribution in [-0.2, 0) is 0 Å². The molecule has 0 fully saturated rings. The minimum Gasteiger partial charge on any atom is -0.308 e. The Kier molecular flexibility index (Phi) is 1.75. The molecule has 2 aromatic rings. The van der Waals surface area contributed by atoms with Gasteiger partial charge in [0.05, 0.1) is 10.9 Å². The predicted molar refractivity (Wildman–Crippen MR) is 45.1 cm³/mol. The van der Waals surface area contributed by atoms with Gasteiger partial charge in [0, 0.05) is 12.4 Å². The molecule has 0 radical (unpaired) electrons. The van der Waals surface area contributed by atoms with Crippen LogP contribution in [0.3, 0.4) is 0 Å². The summed E-state index contributed by atoms with van der Waals surface area (Å²) in [6, 6.07) is 1.58. The molecule has 2 rings (SSSR count). The van der Waals surface area contributed by atoms with Crippen molar-refractivity contribution >= 4 is 16.7 Å². The van der Waals surface area contributed by atoms with Gasteiger partial charge < -0.3 is 5.43 Å². The molecule has 5 nitrogen and oxygen atoms in total. The molecule has 0 aromatic carbocycles. The first-order valence-electron chi connectivity index (χ1n) is 3.55. The number of anilines is 1. The monoisotopic (exact) mass is 179 g/mol. The van der Waals surface area contributed by atoms with Gasteiger partial charge in [-0.3, -0.25) is 4.98 Å². The number of nitrogens with one attached hydrogen (secondary N) is 1. The average molecular weight is 179 g/mol. The van der Waals surface area contributed by atoms with Gasteiger partial charge in [-0.05, 0) is 6.07 Å². The highest BCUT2D eigenvalue weighted by atomic mass is 19.1. The molecule has 0 spiro atoms. The number of hydrogen-bond acceptors (Lipinski definition) is 5. The summed E-state index contributed by atoms with van der Waals surface area (Å²) < 4.78 is 12.7. The van der Waals surface area contributed by atoms with E-state index in [0.717, 1.165) is 0 Å². The molecular weight excluding hydrogens is 173 g/mol. The lowest BCUT2D eigenvalue weighted by Crippen LogP contribution is -2.10. The fourth-order valence-electron chi connectivity index (χ4n) is 1.05. The molecule has 13 heavy (non-hydrogen) atoms. The quantitative estimate of drug-likeness (QED) is 0.377. The van der Waals surface area contributed by atoms with Crippen LogP contribution in [0.1, 0.15) is 0 Å². The van der Waals surface area contributed by atoms with Crippen molar-refractivity contribution in [3.8, 4) is 0 Å². The van der Waals surface area contributed by atoms with Gasteiger partial charge in [0.1, 0.15) is 0 Å². The highest BCUT2D eigenvalue weighted by Gasteiger charge is 2.04. The first-order valence-corrected chi connectivity index (χ1v) is 3.55. The fraction of sp³-hybridized carbons (Fsp3) is 0. The lowest BCUT2D eigenvalue weighted by molar-refractivity contribution is 0.546. The van der Waals surface area contributed by atoms with Crippen molar-refractivity contribution in [3.63, 3.8) is 0 Å². The zero-order valence-electron chi connectivity index (χ0n) is 6.53. The number of fused-ring (bicyclic) bond motifs is 1. The van der Waals surface area contributed by atoms with Crippen LogP contribution in [0.5, 0.6) is 0 Å². The van der Waals surface area contributed by atoms with Crippen LogP contribution < -0.4 is 11.3 Å². The molecule has 0 amide bonds.